The van der Waals surface area contributed by atoms with E-state index >= 15 is 0 Å². The van der Waals surface area contributed by atoms with E-state index in [9.17, 15) is 0 Å². The topological polar surface area (TPSA) is 39.1 Å². The Balaban J connectivity index is 2.18. The molecule has 1 atom stereocenters. The Morgan fingerprint density at radius 3 is 2.48 bits per heavy atom. The molecule has 2 rings (SSSR count). The number of benzene rings is 1. The molecule has 1 aromatic carbocycles. The molecular formula is C17H25N3O. The van der Waals surface area contributed by atoms with Crippen molar-refractivity contribution in [2.75, 3.05) is 13.7 Å². The zero-order chi connectivity index (χ0) is 15.2. The molecule has 2 aromatic rings. The van der Waals surface area contributed by atoms with Crippen LogP contribution in [0.5, 0.6) is 5.75 Å². The molecule has 1 unspecified atom stereocenters. The molecule has 1 N–H and O–H groups in total. The van der Waals surface area contributed by atoms with Crippen LogP contribution in [0.3, 0.4) is 0 Å². The maximum atomic E-state index is 5.23. The van der Waals surface area contributed by atoms with Crippen LogP contribution in [0, 0.1) is 13.8 Å². The molecule has 0 saturated carbocycles. The first-order valence-corrected chi connectivity index (χ1v) is 7.52. The molecule has 0 fully saturated rings. The van der Waals surface area contributed by atoms with Gasteiger partial charge in [-0.3, -0.25) is 4.68 Å². The van der Waals surface area contributed by atoms with Gasteiger partial charge in [0.2, 0.25) is 0 Å². The van der Waals surface area contributed by atoms with Gasteiger partial charge in [-0.15, -0.1) is 0 Å². The number of nitrogens with zero attached hydrogens (tertiary/aromatic N) is 2. The van der Waals surface area contributed by atoms with Crippen LogP contribution in [0.1, 0.15) is 36.3 Å². The first-order valence-electron chi connectivity index (χ1n) is 7.52. The molecule has 0 radical (unpaired) electrons. The van der Waals surface area contributed by atoms with E-state index in [4.69, 9.17) is 4.74 Å². The van der Waals surface area contributed by atoms with Crippen molar-refractivity contribution >= 4 is 0 Å². The standard InChI is InChI=1S/C17H25N3O/c1-5-10-18-17(12-20-14(3)11-13(2)19-20)15-6-8-16(21-4)9-7-15/h6-9,11,17-18H,5,10,12H2,1-4H3. The lowest BCUT2D eigenvalue weighted by atomic mass is 10.1. The summed E-state index contributed by atoms with van der Waals surface area (Å²) in [5, 5.41) is 8.18. The Morgan fingerprint density at radius 2 is 1.95 bits per heavy atom. The molecule has 0 aliphatic rings. The molecule has 0 spiro atoms. The first-order chi connectivity index (χ1) is 10.1. The van der Waals surface area contributed by atoms with Crippen molar-refractivity contribution < 1.29 is 4.74 Å². The minimum atomic E-state index is 0.258. The summed E-state index contributed by atoms with van der Waals surface area (Å²) in [5.41, 5.74) is 3.53. The first kappa shape index (κ1) is 15.6. The van der Waals surface area contributed by atoms with Gasteiger partial charge in [0.25, 0.3) is 0 Å². The number of aryl methyl sites for hydroxylation is 2. The summed E-state index contributed by atoms with van der Waals surface area (Å²) in [6, 6.07) is 10.6. The fraction of sp³-hybridized carbons (Fsp3) is 0.471. The zero-order valence-electron chi connectivity index (χ0n) is 13.4. The van der Waals surface area contributed by atoms with Crippen LogP contribution >= 0.6 is 0 Å². The highest BCUT2D eigenvalue weighted by Crippen LogP contribution is 2.20. The number of hydrogen-bond acceptors (Lipinski definition) is 3. The Kier molecular flexibility index (Phi) is 5.39. The molecule has 0 amide bonds. The molecule has 0 bridgehead atoms. The highest BCUT2D eigenvalue weighted by molar-refractivity contribution is 5.29. The second kappa shape index (κ2) is 7.27. The van der Waals surface area contributed by atoms with Gasteiger partial charge < -0.3 is 10.1 Å². The second-order valence-corrected chi connectivity index (χ2v) is 5.39. The summed E-state index contributed by atoms with van der Waals surface area (Å²) in [4.78, 5) is 0. The molecule has 21 heavy (non-hydrogen) atoms. The monoisotopic (exact) mass is 287 g/mol. The van der Waals surface area contributed by atoms with E-state index in [0.29, 0.717) is 0 Å². The van der Waals surface area contributed by atoms with Gasteiger partial charge in [0.1, 0.15) is 5.75 Å². The van der Waals surface area contributed by atoms with Crippen molar-refractivity contribution in [1.29, 1.82) is 0 Å². The summed E-state index contributed by atoms with van der Waals surface area (Å²) < 4.78 is 7.31. The Hall–Kier alpha value is -1.81. The summed E-state index contributed by atoms with van der Waals surface area (Å²) in [7, 11) is 1.69. The van der Waals surface area contributed by atoms with E-state index in [1.807, 2.05) is 19.1 Å². The SMILES string of the molecule is CCCNC(Cn1nc(C)cc1C)c1ccc(OC)cc1. The number of aromatic nitrogens is 2. The van der Waals surface area contributed by atoms with Crippen LogP contribution in [0.2, 0.25) is 0 Å². The number of ether oxygens (including phenoxy) is 1. The van der Waals surface area contributed by atoms with E-state index in [0.717, 1.165) is 31.0 Å². The van der Waals surface area contributed by atoms with Gasteiger partial charge in [0, 0.05) is 5.69 Å². The number of hydrogen-bond donors (Lipinski definition) is 1. The third-order valence-electron chi connectivity index (χ3n) is 3.62. The Labute approximate surface area is 127 Å². The van der Waals surface area contributed by atoms with Crippen LogP contribution in [-0.2, 0) is 6.54 Å². The lowest BCUT2D eigenvalue weighted by Gasteiger charge is -2.20. The normalized spacial score (nSPS) is 12.4. The number of rotatable bonds is 7. The summed E-state index contributed by atoms with van der Waals surface area (Å²) in [5.74, 6) is 0.888. The van der Waals surface area contributed by atoms with Crippen molar-refractivity contribution in [3.05, 3.63) is 47.3 Å². The molecule has 4 nitrogen and oxygen atoms in total. The van der Waals surface area contributed by atoms with Crippen molar-refractivity contribution in [3.63, 3.8) is 0 Å². The highest BCUT2D eigenvalue weighted by atomic mass is 16.5. The van der Waals surface area contributed by atoms with Gasteiger partial charge in [-0.05, 0) is 50.6 Å². The van der Waals surface area contributed by atoms with Gasteiger partial charge >= 0.3 is 0 Å². The predicted octanol–water partition coefficient (Wildman–Crippen LogP) is 3.25. The van der Waals surface area contributed by atoms with Crippen molar-refractivity contribution in [3.8, 4) is 5.75 Å². The molecule has 1 aromatic heterocycles. The molecular weight excluding hydrogens is 262 g/mol. The third-order valence-corrected chi connectivity index (χ3v) is 3.62. The Bertz CT molecular complexity index is 560. The van der Waals surface area contributed by atoms with Crippen LogP contribution in [-0.4, -0.2) is 23.4 Å². The largest absolute Gasteiger partial charge is 0.497 e. The predicted molar refractivity (Wildman–Crippen MR) is 85.7 cm³/mol. The highest BCUT2D eigenvalue weighted by Gasteiger charge is 2.13. The number of nitrogens with one attached hydrogen (secondary N) is 1. The van der Waals surface area contributed by atoms with Gasteiger partial charge in [-0.1, -0.05) is 19.1 Å². The van der Waals surface area contributed by atoms with E-state index in [1.54, 1.807) is 7.11 Å². The summed E-state index contributed by atoms with van der Waals surface area (Å²) in [6.45, 7) is 8.15. The van der Waals surface area contributed by atoms with E-state index in [-0.39, 0.29) is 6.04 Å². The van der Waals surface area contributed by atoms with Crippen molar-refractivity contribution in [2.45, 2.75) is 39.8 Å². The van der Waals surface area contributed by atoms with Crippen LogP contribution in [0.4, 0.5) is 0 Å². The molecule has 4 heteroatoms. The van der Waals surface area contributed by atoms with Gasteiger partial charge in [0.15, 0.2) is 0 Å². The molecule has 0 saturated heterocycles. The molecule has 114 valence electrons. The lowest BCUT2D eigenvalue weighted by Crippen LogP contribution is -2.27. The second-order valence-electron chi connectivity index (χ2n) is 5.39. The van der Waals surface area contributed by atoms with Gasteiger partial charge in [-0.25, -0.2) is 0 Å². The van der Waals surface area contributed by atoms with Crippen LogP contribution in [0.25, 0.3) is 0 Å². The smallest absolute Gasteiger partial charge is 0.118 e. The molecule has 0 aliphatic carbocycles. The van der Waals surface area contributed by atoms with E-state index in [2.05, 4.69) is 47.1 Å². The fourth-order valence-electron chi connectivity index (χ4n) is 2.48. The Morgan fingerprint density at radius 1 is 1.24 bits per heavy atom. The molecule has 1 heterocycles. The number of methoxy groups -OCH3 is 1. The average molecular weight is 287 g/mol. The summed E-state index contributed by atoms with van der Waals surface area (Å²) in [6.07, 6.45) is 1.11. The summed E-state index contributed by atoms with van der Waals surface area (Å²) >= 11 is 0. The minimum absolute atomic E-state index is 0.258. The maximum absolute atomic E-state index is 5.23. The average Bonchev–Trinajstić information content (AvgIpc) is 2.81. The third kappa shape index (κ3) is 4.08. The van der Waals surface area contributed by atoms with Crippen LogP contribution in [0.15, 0.2) is 30.3 Å². The zero-order valence-corrected chi connectivity index (χ0v) is 13.4. The van der Waals surface area contributed by atoms with Gasteiger partial charge in [-0.2, -0.15) is 5.10 Å². The van der Waals surface area contributed by atoms with Crippen LogP contribution < -0.4 is 10.1 Å². The van der Waals surface area contributed by atoms with Crippen molar-refractivity contribution in [2.24, 2.45) is 0 Å². The molecule has 0 aliphatic heterocycles. The van der Waals surface area contributed by atoms with Gasteiger partial charge in [0.05, 0.1) is 25.4 Å². The van der Waals surface area contributed by atoms with E-state index < -0.39 is 0 Å². The quantitative estimate of drug-likeness (QED) is 0.849. The lowest BCUT2D eigenvalue weighted by molar-refractivity contribution is 0.412. The maximum Gasteiger partial charge on any atom is 0.118 e. The fourth-order valence-corrected chi connectivity index (χ4v) is 2.48. The van der Waals surface area contributed by atoms with Crippen molar-refractivity contribution in [1.82, 2.24) is 15.1 Å². The minimum Gasteiger partial charge on any atom is -0.497 e. The van der Waals surface area contributed by atoms with E-state index in [1.165, 1.54) is 11.3 Å².